The van der Waals surface area contributed by atoms with Crippen LogP contribution >= 0.6 is 0 Å². The minimum atomic E-state index is 0.532. The van der Waals surface area contributed by atoms with Crippen molar-refractivity contribution in [2.24, 2.45) is 0 Å². The lowest BCUT2D eigenvalue weighted by molar-refractivity contribution is 0.352. The molecule has 0 aromatic carbocycles. The van der Waals surface area contributed by atoms with E-state index in [0.29, 0.717) is 11.5 Å². The van der Waals surface area contributed by atoms with Crippen molar-refractivity contribution in [1.29, 1.82) is 0 Å². The molecule has 0 fully saturated rings. The molecule has 0 aliphatic rings. The molecule has 1 rings (SSSR count). The first-order valence-corrected chi connectivity index (χ1v) is 2.83. The van der Waals surface area contributed by atoms with Gasteiger partial charge < -0.3 is 9.47 Å². The second-order valence-corrected chi connectivity index (χ2v) is 1.66. The first kappa shape index (κ1) is 6.86. The standard InChI is InChI=1S/C7H8NO2/c1-9-6-3-4-8-5-7(6)10-2/h3-4H,1-2H3. The maximum Gasteiger partial charge on any atom is 0.188 e. The summed E-state index contributed by atoms with van der Waals surface area (Å²) in [6, 6.07) is 1.72. The molecule has 3 nitrogen and oxygen atoms in total. The number of aromatic nitrogens is 1. The van der Waals surface area contributed by atoms with Gasteiger partial charge in [0, 0.05) is 12.3 Å². The zero-order valence-corrected chi connectivity index (χ0v) is 5.92. The van der Waals surface area contributed by atoms with Crippen LogP contribution < -0.4 is 9.47 Å². The van der Waals surface area contributed by atoms with Gasteiger partial charge in [-0.25, -0.2) is 0 Å². The Hall–Kier alpha value is -1.25. The van der Waals surface area contributed by atoms with E-state index in [2.05, 4.69) is 11.2 Å². The Morgan fingerprint density at radius 3 is 2.70 bits per heavy atom. The SMILES string of the molecule is COc1[c]nccc1OC. The number of rotatable bonds is 2. The molecule has 0 amide bonds. The third-order valence-electron chi connectivity index (χ3n) is 1.11. The Bertz CT molecular complexity index is 190. The molecule has 1 aromatic rings. The molecule has 0 saturated carbocycles. The average Bonchev–Trinajstić information content (AvgIpc) is 2.04. The van der Waals surface area contributed by atoms with Crippen LogP contribution in [0.25, 0.3) is 0 Å². The van der Waals surface area contributed by atoms with Crippen molar-refractivity contribution in [3.63, 3.8) is 0 Å². The Labute approximate surface area is 59.6 Å². The number of methoxy groups -OCH3 is 2. The summed E-state index contributed by atoms with van der Waals surface area (Å²) in [5.74, 6) is 1.18. The molecule has 10 heavy (non-hydrogen) atoms. The van der Waals surface area contributed by atoms with Crippen LogP contribution in [-0.2, 0) is 0 Å². The second-order valence-electron chi connectivity index (χ2n) is 1.66. The van der Waals surface area contributed by atoms with E-state index in [9.17, 15) is 0 Å². The topological polar surface area (TPSA) is 31.4 Å². The van der Waals surface area contributed by atoms with Crippen molar-refractivity contribution in [2.75, 3.05) is 14.2 Å². The summed E-state index contributed by atoms with van der Waals surface area (Å²) in [5, 5.41) is 0. The zero-order chi connectivity index (χ0) is 7.40. The van der Waals surface area contributed by atoms with E-state index in [1.807, 2.05) is 0 Å². The summed E-state index contributed by atoms with van der Waals surface area (Å²) in [6.07, 6.45) is 4.24. The number of nitrogens with zero attached hydrogens (tertiary/aromatic N) is 1. The van der Waals surface area contributed by atoms with E-state index in [4.69, 9.17) is 9.47 Å². The summed E-state index contributed by atoms with van der Waals surface area (Å²) in [6.45, 7) is 0. The van der Waals surface area contributed by atoms with Crippen molar-refractivity contribution in [3.8, 4) is 11.5 Å². The van der Waals surface area contributed by atoms with Gasteiger partial charge in [0.05, 0.1) is 14.2 Å². The molecule has 0 bridgehead atoms. The van der Waals surface area contributed by atoms with E-state index >= 15 is 0 Å². The summed E-state index contributed by atoms with van der Waals surface area (Å²) in [7, 11) is 3.13. The highest BCUT2D eigenvalue weighted by molar-refractivity contribution is 5.35. The van der Waals surface area contributed by atoms with Gasteiger partial charge in [0.2, 0.25) is 0 Å². The number of pyridine rings is 1. The number of hydrogen-bond donors (Lipinski definition) is 0. The monoisotopic (exact) mass is 138 g/mol. The minimum Gasteiger partial charge on any atom is -0.493 e. The fourth-order valence-corrected chi connectivity index (χ4v) is 0.639. The molecule has 0 unspecified atom stereocenters. The van der Waals surface area contributed by atoms with Crippen molar-refractivity contribution in [1.82, 2.24) is 4.98 Å². The largest absolute Gasteiger partial charge is 0.493 e. The first-order valence-electron chi connectivity index (χ1n) is 2.83. The normalized spacial score (nSPS) is 9.00. The number of hydrogen-bond acceptors (Lipinski definition) is 3. The number of ether oxygens (including phenoxy) is 2. The predicted molar refractivity (Wildman–Crippen MR) is 36.2 cm³/mol. The molecular weight excluding hydrogens is 130 g/mol. The highest BCUT2D eigenvalue weighted by Gasteiger charge is 1.99. The molecule has 0 aliphatic heterocycles. The summed E-state index contributed by atoms with van der Waals surface area (Å²) in [4.78, 5) is 3.73. The van der Waals surface area contributed by atoms with Gasteiger partial charge in [-0.15, -0.1) is 0 Å². The lowest BCUT2D eigenvalue weighted by Gasteiger charge is -2.03. The van der Waals surface area contributed by atoms with Crippen molar-refractivity contribution in [3.05, 3.63) is 18.5 Å². The fourth-order valence-electron chi connectivity index (χ4n) is 0.639. The van der Waals surface area contributed by atoms with Crippen LogP contribution in [0.2, 0.25) is 0 Å². The van der Waals surface area contributed by atoms with Gasteiger partial charge in [-0.1, -0.05) is 0 Å². The maximum absolute atomic E-state index is 4.94. The summed E-state index contributed by atoms with van der Waals surface area (Å²) < 4.78 is 9.83. The second kappa shape index (κ2) is 3.06. The van der Waals surface area contributed by atoms with Crippen molar-refractivity contribution >= 4 is 0 Å². The minimum absolute atomic E-state index is 0.532. The molecule has 3 heteroatoms. The van der Waals surface area contributed by atoms with E-state index in [-0.39, 0.29) is 0 Å². The molecular formula is C7H8NO2. The van der Waals surface area contributed by atoms with Crippen LogP contribution in [-0.4, -0.2) is 19.2 Å². The molecule has 53 valence electrons. The summed E-state index contributed by atoms with van der Waals surface area (Å²) >= 11 is 0. The molecule has 1 radical (unpaired) electrons. The quantitative estimate of drug-likeness (QED) is 0.608. The lowest BCUT2D eigenvalue weighted by atomic mass is 10.4. The van der Waals surface area contributed by atoms with Crippen molar-refractivity contribution < 1.29 is 9.47 Å². The molecule has 0 saturated heterocycles. The lowest BCUT2D eigenvalue weighted by Crippen LogP contribution is -1.90. The molecule has 0 atom stereocenters. The van der Waals surface area contributed by atoms with Gasteiger partial charge in [-0.2, -0.15) is 0 Å². The Morgan fingerprint density at radius 2 is 2.20 bits per heavy atom. The Morgan fingerprint density at radius 1 is 1.40 bits per heavy atom. The van der Waals surface area contributed by atoms with Crippen LogP contribution in [0.4, 0.5) is 0 Å². The fraction of sp³-hybridized carbons (Fsp3) is 0.286. The molecule has 1 heterocycles. The van der Waals surface area contributed by atoms with E-state index in [0.717, 1.165) is 0 Å². The zero-order valence-electron chi connectivity index (χ0n) is 5.92. The van der Waals surface area contributed by atoms with Crippen molar-refractivity contribution in [2.45, 2.75) is 0 Å². The van der Waals surface area contributed by atoms with Gasteiger partial charge in [0.1, 0.15) is 6.20 Å². The smallest absolute Gasteiger partial charge is 0.188 e. The van der Waals surface area contributed by atoms with Gasteiger partial charge >= 0.3 is 0 Å². The molecule has 0 spiro atoms. The van der Waals surface area contributed by atoms with Crippen LogP contribution in [0.5, 0.6) is 11.5 Å². The van der Waals surface area contributed by atoms with Gasteiger partial charge in [-0.3, -0.25) is 4.98 Å². The van der Waals surface area contributed by atoms with Crippen LogP contribution in [0, 0.1) is 6.20 Å². The van der Waals surface area contributed by atoms with Crippen LogP contribution in [0.1, 0.15) is 0 Å². The third kappa shape index (κ3) is 1.18. The maximum atomic E-state index is 4.94. The van der Waals surface area contributed by atoms with Gasteiger partial charge in [0.15, 0.2) is 11.5 Å². The highest BCUT2D eigenvalue weighted by atomic mass is 16.5. The molecule has 0 N–H and O–H groups in total. The van der Waals surface area contributed by atoms with Crippen LogP contribution in [0.3, 0.4) is 0 Å². The summed E-state index contributed by atoms with van der Waals surface area (Å²) in [5.41, 5.74) is 0. The van der Waals surface area contributed by atoms with E-state index in [1.54, 1.807) is 26.5 Å². The predicted octanol–water partition coefficient (Wildman–Crippen LogP) is 0.899. The highest BCUT2D eigenvalue weighted by Crippen LogP contribution is 2.22. The van der Waals surface area contributed by atoms with E-state index in [1.165, 1.54) is 0 Å². The Kier molecular flexibility index (Phi) is 2.10. The molecule has 0 aliphatic carbocycles. The third-order valence-corrected chi connectivity index (χ3v) is 1.11. The van der Waals surface area contributed by atoms with Gasteiger partial charge in [0.25, 0.3) is 0 Å². The first-order chi connectivity index (χ1) is 4.88. The van der Waals surface area contributed by atoms with E-state index < -0.39 is 0 Å². The van der Waals surface area contributed by atoms with Crippen LogP contribution in [0.15, 0.2) is 12.3 Å². The Balaban J connectivity index is 2.96. The van der Waals surface area contributed by atoms with Gasteiger partial charge in [-0.05, 0) is 0 Å². The molecule has 1 aromatic heterocycles. The average molecular weight is 138 g/mol.